The molecule has 0 bridgehead atoms. The van der Waals surface area contributed by atoms with Gasteiger partial charge in [-0.15, -0.1) is 0 Å². The van der Waals surface area contributed by atoms with Crippen LogP contribution >= 0.6 is 12.2 Å². The van der Waals surface area contributed by atoms with Crippen LogP contribution in [0.25, 0.3) is 0 Å². The first kappa shape index (κ1) is 14.4. The van der Waals surface area contributed by atoms with Crippen molar-refractivity contribution >= 4 is 23.1 Å². The lowest BCUT2D eigenvalue weighted by Gasteiger charge is -2.37. The zero-order valence-corrected chi connectivity index (χ0v) is 11.7. The van der Waals surface area contributed by atoms with Crippen molar-refractivity contribution < 1.29 is 9.53 Å². The Morgan fingerprint density at radius 2 is 2.06 bits per heavy atom. The van der Waals surface area contributed by atoms with Gasteiger partial charge in [0.05, 0.1) is 10.4 Å². The van der Waals surface area contributed by atoms with Crippen molar-refractivity contribution in [3.8, 4) is 0 Å². The first-order valence-electron chi connectivity index (χ1n) is 6.04. The number of carbonyl (C=O) groups excluding carboxylic acids is 1. The highest BCUT2D eigenvalue weighted by molar-refractivity contribution is 7.80. The Morgan fingerprint density at radius 3 is 2.47 bits per heavy atom. The first-order chi connectivity index (χ1) is 7.84. The fourth-order valence-electron chi connectivity index (χ4n) is 1.81. The van der Waals surface area contributed by atoms with Crippen molar-refractivity contribution in [2.75, 3.05) is 13.2 Å². The largest absolute Gasteiger partial charge is 0.392 e. The Morgan fingerprint density at radius 1 is 1.53 bits per heavy atom. The third kappa shape index (κ3) is 3.16. The van der Waals surface area contributed by atoms with Crippen molar-refractivity contribution in [1.29, 1.82) is 0 Å². The van der Waals surface area contributed by atoms with Crippen molar-refractivity contribution in [2.24, 2.45) is 11.1 Å². The maximum Gasteiger partial charge on any atom is 0.233 e. The second-order valence-electron chi connectivity index (χ2n) is 5.18. The molecule has 1 rings (SSSR count). The molecule has 1 fully saturated rings. The molecule has 1 amide bonds. The van der Waals surface area contributed by atoms with E-state index in [1.165, 1.54) is 0 Å². The standard InChI is InChI=1S/C12H22N2O2S/c1-4-12(3,9(13)17)10(15)14-11(2)5-7-16-8-6-11/h4-8H2,1-3H3,(H2,13,17)(H,14,15). The molecule has 1 aliphatic rings. The van der Waals surface area contributed by atoms with Crippen LogP contribution in [0, 0.1) is 5.41 Å². The molecule has 17 heavy (non-hydrogen) atoms. The Labute approximate surface area is 108 Å². The van der Waals surface area contributed by atoms with Gasteiger partial charge in [-0.2, -0.15) is 0 Å². The summed E-state index contributed by atoms with van der Waals surface area (Å²) < 4.78 is 5.30. The Kier molecular flexibility index (Phi) is 4.49. The SMILES string of the molecule is CCC(C)(C(=O)NC1(C)CCOCC1)C(N)=S. The summed E-state index contributed by atoms with van der Waals surface area (Å²) in [5.74, 6) is -0.0723. The van der Waals surface area contributed by atoms with Crippen molar-refractivity contribution in [2.45, 2.75) is 45.6 Å². The van der Waals surface area contributed by atoms with E-state index in [2.05, 4.69) is 5.32 Å². The summed E-state index contributed by atoms with van der Waals surface area (Å²) in [6.45, 7) is 7.14. The number of rotatable bonds is 4. The van der Waals surface area contributed by atoms with Crippen LogP contribution in [0.5, 0.6) is 0 Å². The summed E-state index contributed by atoms with van der Waals surface area (Å²) in [5.41, 5.74) is 4.73. The van der Waals surface area contributed by atoms with Crippen LogP contribution in [0.15, 0.2) is 0 Å². The normalized spacial score (nSPS) is 22.5. The molecular formula is C12H22N2O2S. The minimum Gasteiger partial charge on any atom is -0.392 e. The smallest absolute Gasteiger partial charge is 0.233 e. The number of ether oxygens (including phenoxy) is 1. The minimum atomic E-state index is -0.753. The lowest BCUT2D eigenvalue weighted by Crippen LogP contribution is -2.56. The second kappa shape index (κ2) is 5.31. The van der Waals surface area contributed by atoms with Gasteiger partial charge in [0.15, 0.2) is 0 Å². The van der Waals surface area contributed by atoms with E-state index >= 15 is 0 Å². The first-order valence-corrected chi connectivity index (χ1v) is 6.45. The molecule has 0 saturated carbocycles. The van der Waals surface area contributed by atoms with Gasteiger partial charge in [-0.3, -0.25) is 4.79 Å². The van der Waals surface area contributed by atoms with E-state index in [1.54, 1.807) is 6.92 Å². The molecule has 4 nitrogen and oxygen atoms in total. The molecule has 1 aliphatic heterocycles. The van der Waals surface area contributed by atoms with Crippen molar-refractivity contribution in [3.63, 3.8) is 0 Å². The van der Waals surface area contributed by atoms with Gasteiger partial charge in [-0.05, 0) is 33.1 Å². The number of carbonyl (C=O) groups is 1. The second-order valence-corrected chi connectivity index (χ2v) is 5.62. The maximum absolute atomic E-state index is 12.3. The average molecular weight is 258 g/mol. The van der Waals surface area contributed by atoms with Crippen molar-refractivity contribution in [3.05, 3.63) is 0 Å². The van der Waals surface area contributed by atoms with Crippen LogP contribution in [0.2, 0.25) is 0 Å². The molecule has 1 atom stereocenters. The number of nitrogens with one attached hydrogen (secondary N) is 1. The molecule has 0 aromatic heterocycles. The van der Waals surface area contributed by atoms with E-state index < -0.39 is 5.41 Å². The van der Waals surface area contributed by atoms with Gasteiger partial charge in [0.25, 0.3) is 0 Å². The van der Waals surface area contributed by atoms with Crippen molar-refractivity contribution in [1.82, 2.24) is 5.32 Å². The lowest BCUT2D eigenvalue weighted by molar-refractivity contribution is -0.130. The number of hydrogen-bond donors (Lipinski definition) is 2. The van der Waals surface area contributed by atoms with Gasteiger partial charge >= 0.3 is 0 Å². The average Bonchev–Trinajstić information content (AvgIpc) is 2.27. The van der Waals surface area contributed by atoms with Crippen LogP contribution in [0.1, 0.15) is 40.0 Å². The van der Waals surface area contributed by atoms with Crippen LogP contribution < -0.4 is 11.1 Å². The highest BCUT2D eigenvalue weighted by Crippen LogP contribution is 2.26. The molecule has 0 aromatic carbocycles. The molecule has 1 heterocycles. The molecule has 98 valence electrons. The third-order valence-electron chi connectivity index (χ3n) is 3.76. The zero-order chi connectivity index (χ0) is 13.1. The molecule has 0 aliphatic carbocycles. The monoisotopic (exact) mass is 258 g/mol. The van der Waals surface area contributed by atoms with Crippen LogP contribution in [-0.4, -0.2) is 29.6 Å². The van der Waals surface area contributed by atoms with Crippen LogP contribution in [0.3, 0.4) is 0 Å². The van der Waals surface area contributed by atoms with Gasteiger partial charge in [-0.25, -0.2) is 0 Å². The van der Waals surface area contributed by atoms with Gasteiger partial charge in [0.1, 0.15) is 0 Å². The number of thiocarbonyl (C=S) groups is 1. The van der Waals surface area contributed by atoms with E-state index in [0.29, 0.717) is 19.6 Å². The lowest BCUT2D eigenvalue weighted by atomic mass is 9.84. The van der Waals surface area contributed by atoms with Gasteiger partial charge in [-0.1, -0.05) is 19.1 Å². The number of nitrogens with two attached hydrogens (primary N) is 1. The quantitative estimate of drug-likeness (QED) is 0.748. The summed E-state index contributed by atoms with van der Waals surface area (Å²) in [6.07, 6.45) is 2.27. The highest BCUT2D eigenvalue weighted by Gasteiger charge is 2.39. The predicted molar refractivity (Wildman–Crippen MR) is 71.8 cm³/mol. The molecule has 5 heteroatoms. The molecule has 0 aromatic rings. The molecule has 1 unspecified atom stereocenters. The van der Waals surface area contributed by atoms with E-state index in [1.807, 2.05) is 13.8 Å². The maximum atomic E-state index is 12.3. The summed E-state index contributed by atoms with van der Waals surface area (Å²) in [5, 5.41) is 3.08. The predicted octanol–water partition coefficient (Wildman–Crippen LogP) is 1.37. The Hall–Kier alpha value is -0.680. The van der Waals surface area contributed by atoms with E-state index in [9.17, 15) is 4.79 Å². The van der Waals surface area contributed by atoms with Crippen LogP contribution in [0.4, 0.5) is 0 Å². The summed E-state index contributed by atoms with van der Waals surface area (Å²) in [6, 6.07) is 0. The third-order valence-corrected chi connectivity index (χ3v) is 4.21. The Bertz CT molecular complexity index is 314. The summed E-state index contributed by atoms with van der Waals surface area (Å²) in [7, 11) is 0. The zero-order valence-electron chi connectivity index (χ0n) is 10.8. The fraction of sp³-hybridized carbons (Fsp3) is 0.833. The van der Waals surface area contributed by atoms with E-state index in [-0.39, 0.29) is 16.4 Å². The van der Waals surface area contributed by atoms with Gasteiger partial charge < -0.3 is 15.8 Å². The van der Waals surface area contributed by atoms with E-state index in [4.69, 9.17) is 22.7 Å². The fourth-order valence-corrected chi connectivity index (χ4v) is 2.04. The number of hydrogen-bond acceptors (Lipinski definition) is 3. The molecule has 3 N–H and O–H groups in total. The van der Waals surface area contributed by atoms with Gasteiger partial charge in [0, 0.05) is 18.8 Å². The topological polar surface area (TPSA) is 64.3 Å². The molecule has 0 spiro atoms. The molecule has 1 saturated heterocycles. The summed E-state index contributed by atoms with van der Waals surface area (Å²) in [4.78, 5) is 12.5. The van der Waals surface area contributed by atoms with E-state index in [0.717, 1.165) is 12.8 Å². The molecular weight excluding hydrogens is 236 g/mol. The number of amides is 1. The Balaban J connectivity index is 2.73. The molecule has 0 radical (unpaired) electrons. The minimum absolute atomic E-state index is 0.0723. The summed E-state index contributed by atoms with van der Waals surface area (Å²) >= 11 is 5.00. The van der Waals surface area contributed by atoms with Crippen LogP contribution in [-0.2, 0) is 9.53 Å². The van der Waals surface area contributed by atoms with Gasteiger partial charge in [0.2, 0.25) is 5.91 Å². The highest BCUT2D eigenvalue weighted by atomic mass is 32.1.